The molecule has 0 aliphatic rings. The first-order valence-electron chi connectivity index (χ1n) is 7.05. The second kappa shape index (κ2) is 8.03. The van der Waals surface area contributed by atoms with Crippen molar-refractivity contribution < 1.29 is 4.79 Å². The zero-order valence-electron chi connectivity index (χ0n) is 12.6. The molecule has 0 fully saturated rings. The highest BCUT2D eigenvalue weighted by atomic mass is 35.5. The zero-order valence-corrected chi connectivity index (χ0v) is 14.2. The number of rotatable bonds is 6. The van der Waals surface area contributed by atoms with E-state index in [-0.39, 0.29) is 29.3 Å². The molecule has 1 aromatic heterocycles. The first kappa shape index (κ1) is 17.4. The lowest BCUT2D eigenvalue weighted by atomic mass is 10.0. The van der Waals surface area contributed by atoms with E-state index in [0.717, 1.165) is 12.0 Å². The van der Waals surface area contributed by atoms with Crippen molar-refractivity contribution in [3.8, 4) is 0 Å². The van der Waals surface area contributed by atoms with Crippen LogP contribution in [0.1, 0.15) is 24.9 Å². The lowest BCUT2D eigenvalue weighted by Crippen LogP contribution is -2.29. The van der Waals surface area contributed by atoms with Crippen LogP contribution in [-0.4, -0.2) is 21.6 Å². The molecule has 0 aliphatic heterocycles. The minimum Gasteiger partial charge on any atom is -0.383 e. The number of thioether (sulfide) groups is 1. The number of amides is 1. The predicted molar refractivity (Wildman–Crippen MR) is 94.2 cm³/mol. The Hall–Kier alpha value is -1.99. The van der Waals surface area contributed by atoms with E-state index in [4.69, 9.17) is 23.1 Å². The molecule has 8 heteroatoms. The van der Waals surface area contributed by atoms with E-state index >= 15 is 0 Å². The molecule has 1 unspecified atom stereocenters. The van der Waals surface area contributed by atoms with Crippen LogP contribution in [-0.2, 0) is 4.79 Å². The number of anilines is 2. The van der Waals surface area contributed by atoms with Gasteiger partial charge in [-0.05, 0) is 24.1 Å². The van der Waals surface area contributed by atoms with E-state index in [0.29, 0.717) is 10.2 Å². The fourth-order valence-corrected chi connectivity index (χ4v) is 2.82. The molecule has 122 valence electrons. The summed E-state index contributed by atoms with van der Waals surface area (Å²) in [6, 6.07) is 8.84. The average molecular weight is 352 g/mol. The summed E-state index contributed by atoms with van der Waals surface area (Å²) < 4.78 is 0. The summed E-state index contributed by atoms with van der Waals surface area (Å²) in [5.74, 6) is 0.648. The van der Waals surface area contributed by atoms with Gasteiger partial charge < -0.3 is 16.8 Å². The zero-order chi connectivity index (χ0) is 16.8. The highest BCUT2D eigenvalue weighted by Crippen LogP contribution is 2.20. The molecule has 1 aromatic carbocycles. The minimum atomic E-state index is -0.110. The molecule has 1 heterocycles. The van der Waals surface area contributed by atoms with Crippen LogP contribution in [0.3, 0.4) is 0 Å². The van der Waals surface area contributed by atoms with Gasteiger partial charge in [-0.2, -0.15) is 0 Å². The monoisotopic (exact) mass is 351 g/mol. The fourth-order valence-electron chi connectivity index (χ4n) is 2.01. The third-order valence-corrected chi connectivity index (χ3v) is 4.19. The summed E-state index contributed by atoms with van der Waals surface area (Å²) in [6.07, 6.45) is 0.778. The number of carbonyl (C=O) groups excluding carboxylic acids is 1. The van der Waals surface area contributed by atoms with E-state index in [1.54, 1.807) is 0 Å². The maximum atomic E-state index is 12.1. The molecule has 1 amide bonds. The maximum absolute atomic E-state index is 12.1. The second-order valence-corrected chi connectivity index (χ2v) is 6.25. The van der Waals surface area contributed by atoms with Gasteiger partial charge in [0, 0.05) is 11.1 Å². The molecule has 23 heavy (non-hydrogen) atoms. The Kier molecular flexibility index (Phi) is 6.06. The van der Waals surface area contributed by atoms with Crippen LogP contribution in [0.2, 0.25) is 5.02 Å². The van der Waals surface area contributed by atoms with Crippen molar-refractivity contribution in [2.45, 2.75) is 24.5 Å². The third-order valence-electron chi connectivity index (χ3n) is 3.09. The van der Waals surface area contributed by atoms with Crippen molar-refractivity contribution in [3.05, 3.63) is 40.9 Å². The molecule has 0 spiro atoms. The van der Waals surface area contributed by atoms with Crippen molar-refractivity contribution >= 4 is 40.9 Å². The van der Waals surface area contributed by atoms with Crippen LogP contribution in [0.4, 0.5) is 11.6 Å². The summed E-state index contributed by atoms with van der Waals surface area (Å²) in [6.45, 7) is 2.01. The number of halogens is 1. The normalized spacial score (nSPS) is 11.9. The quantitative estimate of drug-likeness (QED) is 0.545. The minimum absolute atomic E-state index is 0.0628. The van der Waals surface area contributed by atoms with Crippen molar-refractivity contribution in [1.82, 2.24) is 15.3 Å². The molecule has 0 aliphatic carbocycles. The Balaban J connectivity index is 1.93. The van der Waals surface area contributed by atoms with Gasteiger partial charge in [0.2, 0.25) is 5.91 Å². The number of nitrogens with one attached hydrogen (secondary N) is 1. The summed E-state index contributed by atoms with van der Waals surface area (Å²) >= 11 is 7.07. The van der Waals surface area contributed by atoms with Gasteiger partial charge in [-0.15, -0.1) is 0 Å². The lowest BCUT2D eigenvalue weighted by Gasteiger charge is -2.17. The Morgan fingerprint density at radius 1 is 1.26 bits per heavy atom. The highest BCUT2D eigenvalue weighted by molar-refractivity contribution is 7.99. The molecule has 1 atom stereocenters. The molecule has 0 radical (unpaired) electrons. The SMILES string of the molecule is CCC(NC(=O)CSc1nc(N)cc(N)n1)c1ccc(Cl)cc1. The largest absolute Gasteiger partial charge is 0.383 e. The van der Waals surface area contributed by atoms with Gasteiger partial charge in [-0.1, -0.05) is 42.4 Å². The number of aromatic nitrogens is 2. The Morgan fingerprint density at radius 2 is 1.87 bits per heavy atom. The van der Waals surface area contributed by atoms with E-state index in [1.807, 2.05) is 31.2 Å². The average Bonchev–Trinajstić information content (AvgIpc) is 2.51. The van der Waals surface area contributed by atoms with Crippen LogP contribution < -0.4 is 16.8 Å². The van der Waals surface area contributed by atoms with Crippen LogP contribution in [0.15, 0.2) is 35.5 Å². The topological polar surface area (TPSA) is 107 Å². The van der Waals surface area contributed by atoms with Crippen LogP contribution in [0, 0.1) is 0 Å². The number of carbonyl (C=O) groups is 1. The van der Waals surface area contributed by atoms with Crippen molar-refractivity contribution in [3.63, 3.8) is 0 Å². The van der Waals surface area contributed by atoms with Crippen molar-refractivity contribution in [2.24, 2.45) is 0 Å². The number of benzene rings is 1. The van der Waals surface area contributed by atoms with Crippen molar-refractivity contribution in [1.29, 1.82) is 0 Å². The Bertz CT molecular complexity index is 660. The van der Waals surface area contributed by atoms with Gasteiger partial charge >= 0.3 is 0 Å². The summed E-state index contributed by atoms with van der Waals surface area (Å²) in [5.41, 5.74) is 12.2. The predicted octanol–water partition coefficient (Wildman–Crippen LogP) is 2.65. The Labute approximate surface area is 144 Å². The molecule has 2 aromatic rings. The molecule has 2 rings (SSSR count). The summed E-state index contributed by atoms with van der Waals surface area (Å²) in [4.78, 5) is 20.2. The number of nitrogens with two attached hydrogens (primary N) is 2. The van der Waals surface area contributed by atoms with Gasteiger partial charge in [0.25, 0.3) is 0 Å². The van der Waals surface area contributed by atoms with E-state index in [1.165, 1.54) is 17.8 Å². The molecule has 5 N–H and O–H groups in total. The molecular weight excluding hydrogens is 334 g/mol. The summed E-state index contributed by atoms with van der Waals surface area (Å²) in [5, 5.41) is 4.04. The van der Waals surface area contributed by atoms with E-state index < -0.39 is 0 Å². The molecular formula is C15H18ClN5OS. The fraction of sp³-hybridized carbons (Fsp3) is 0.267. The molecule has 0 saturated heterocycles. The van der Waals surface area contributed by atoms with E-state index in [9.17, 15) is 4.79 Å². The number of hydrogen-bond acceptors (Lipinski definition) is 6. The van der Waals surface area contributed by atoms with Crippen LogP contribution >= 0.6 is 23.4 Å². The number of nitrogen functional groups attached to an aromatic ring is 2. The number of nitrogens with zero attached hydrogens (tertiary/aromatic N) is 2. The van der Waals surface area contributed by atoms with Gasteiger partial charge in [0.1, 0.15) is 11.6 Å². The van der Waals surface area contributed by atoms with Gasteiger partial charge in [0.15, 0.2) is 5.16 Å². The first-order valence-corrected chi connectivity index (χ1v) is 8.42. The smallest absolute Gasteiger partial charge is 0.230 e. The molecule has 0 saturated carbocycles. The second-order valence-electron chi connectivity index (χ2n) is 4.87. The number of hydrogen-bond donors (Lipinski definition) is 3. The molecule has 0 bridgehead atoms. The van der Waals surface area contributed by atoms with Gasteiger partial charge in [-0.3, -0.25) is 4.79 Å². The molecule has 6 nitrogen and oxygen atoms in total. The lowest BCUT2D eigenvalue weighted by molar-refractivity contribution is -0.119. The summed E-state index contributed by atoms with van der Waals surface area (Å²) in [7, 11) is 0. The third kappa shape index (κ3) is 5.30. The van der Waals surface area contributed by atoms with E-state index in [2.05, 4.69) is 15.3 Å². The standard InChI is InChI=1S/C15H18ClN5OS/c1-2-11(9-3-5-10(16)6-4-9)19-14(22)8-23-15-20-12(17)7-13(18)21-15/h3-7,11H,2,8H2,1H3,(H,19,22)(H4,17,18,20,21). The highest BCUT2D eigenvalue weighted by Gasteiger charge is 2.13. The maximum Gasteiger partial charge on any atom is 0.230 e. The van der Waals surface area contributed by atoms with Crippen LogP contribution in [0.5, 0.6) is 0 Å². The van der Waals surface area contributed by atoms with Crippen molar-refractivity contribution in [2.75, 3.05) is 17.2 Å². The first-order chi connectivity index (χ1) is 11.0. The van der Waals surface area contributed by atoms with Gasteiger partial charge in [0.05, 0.1) is 11.8 Å². The van der Waals surface area contributed by atoms with Crippen LogP contribution in [0.25, 0.3) is 0 Å². The Morgan fingerprint density at radius 3 is 2.43 bits per heavy atom. The van der Waals surface area contributed by atoms with Gasteiger partial charge in [-0.25, -0.2) is 9.97 Å².